The third-order valence-corrected chi connectivity index (χ3v) is 5.50. The Labute approximate surface area is 123 Å². The second-order valence-electron chi connectivity index (χ2n) is 4.57. The Morgan fingerprint density at radius 3 is 2.50 bits per heavy atom. The maximum absolute atomic E-state index is 12.5. The van der Waals surface area contributed by atoms with Crippen LogP contribution in [-0.4, -0.2) is 15.5 Å². The summed E-state index contributed by atoms with van der Waals surface area (Å²) in [6, 6.07) is 9.11. The minimum Gasteiger partial charge on any atom is -0.316 e. The topological polar surface area (TPSA) is 58.2 Å². The molecule has 0 spiro atoms. The van der Waals surface area contributed by atoms with E-state index in [-0.39, 0.29) is 0 Å². The molecule has 1 aromatic carbocycles. The molecule has 0 bridgehead atoms. The van der Waals surface area contributed by atoms with Gasteiger partial charge in [-0.25, -0.2) is 8.42 Å². The molecule has 4 nitrogen and oxygen atoms in total. The Morgan fingerprint density at radius 1 is 1.20 bits per heavy atom. The first kappa shape index (κ1) is 15.0. The predicted molar refractivity (Wildman–Crippen MR) is 83.8 cm³/mol. The zero-order chi connectivity index (χ0) is 14.8. The van der Waals surface area contributed by atoms with Gasteiger partial charge in [-0.3, -0.25) is 4.72 Å². The maximum atomic E-state index is 12.5. The van der Waals surface area contributed by atoms with Crippen molar-refractivity contribution >= 4 is 27.0 Å². The van der Waals surface area contributed by atoms with Crippen molar-refractivity contribution in [3.8, 4) is 0 Å². The molecule has 6 heteroatoms. The summed E-state index contributed by atoms with van der Waals surface area (Å²) in [4.78, 5) is 2.16. The van der Waals surface area contributed by atoms with E-state index in [1.807, 2.05) is 39.1 Å². The molecular weight excluding hydrogens is 292 g/mol. The molecule has 0 amide bonds. The fraction of sp³-hybridized carbons (Fsp3) is 0.286. The van der Waals surface area contributed by atoms with Crippen LogP contribution in [0.15, 0.2) is 35.2 Å². The average molecular weight is 310 g/mol. The molecule has 0 unspecified atom stereocenters. The molecule has 2 rings (SSSR count). The van der Waals surface area contributed by atoms with Crippen LogP contribution in [0.4, 0.5) is 5.69 Å². The van der Waals surface area contributed by atoms with Gasteiger partial charge in [0.15, 0.2) is 0 Å². The lowest BCUT2D eigenvalue weighted by atomic mass is 10.2. The fourth-order valence-corrected chi connectivity index (χ4v) is 4.70. The van der Waals surface area contributed by atoms with Crippen molar-refractivity contribution in [3.05, 3.63) is 45.6 Å². The van der Waals surface area contributed by atoms with Crippen molar-refractivity contribution < 1.29 is 8.42 Å². The van der Waals surface area contributed by atoms with E-state index in [1.54, 1.807) is 12.1 Å². The Balaban J connectivity index is 2.36. The molecule has 1 heterocycles. The van der Waals surface area contributed by atoms with E-state index >= 15 is 0 Å². The van der Waals surface area contributed by atoms with Crippen LogP contribution in [0, 0.1) is 13.8 Å². The van der Waals surface area contributed by atoms with Crippen molar-refractivity contribution in [2.45, 2.75) is 25.3 Å². The van der Waals surface area contributed by atoms with Gasteiger partial charge in [0.25, 0.3) is 10.0 Å². The van der Waals surface area contributed by atoms with E-state index in [0.29, 0.717) is 17.1 Å². The fourth-order valence-electron chi connectivity index (χ4n) is 2.04. The van der Waals surface area contributed by atoms with Gasteiger partial charge in [0.1, 0.15) is 4.90 Å². The van der Waals surface area contributed by atoms with E-state index in [2.05, 4.69) is 10.0 Å². The molecule has 0 aliphatic carbocycles. The van der Waals surface area contributed by atoms with Crippen LogP contribution in [0.2, 0.25) is 0 Å². The molecule has 1 aromatic heterocycles. The van der Waals surface area contributed by atoms with Crippen LogP contribution in [0.5, 0.6) is 0 Å². The van der Waals surface area contributed by atoms with Crippen molar-refractivity contribution in [1.29, 1.82) is 0 Å². The van der Waals surface area contributed by atoms with Crippen LogP contribution in [0.1, 0.15) is 15.3 Å². The summed E-state index contributed by atoms with van der Waals surface area (Å²) in [7, 11) is -1.70. The predicted octanol–water partition coefficient (Wildman–Crippen LogP) is 2.89. The van der Waals surface area contributed by atoms with Gasteiger partial charge in [0.2, 0.25) is 0 Å². The second-order valence-corrected chi connectivity index (χ2v) is 7.68. The molecule has 0 saturated carbocycles. The highest BCUT2D eigenvalue weighted by atomic mass is 32.2. The first-order chi connectivity index (χ1) is 9.44. The van der Waals surface area contributed by atoms with E-state index in [4.69, 9.17) is 0 Å². The number of hydrogen-bond donors (Lipinski definition) is 2. The van der Waals surface area contributed by atoms with Gasteiger partial charge in [-0.2, -0.15) is 0 Å². The largest absolute Gasteiger partial charge is 0.316 e. The standard InChI is InChI=1S/C14H18N2O2S2/c1-10-8-14(11(2)19-10)20(17,18)16-13-7-5-4-6-12(13)9-15-3/h4-8,15-16H,9H2,1-3H3. The van der Waals surface area contributed by atoms with Crippen molar-refractivity contribution in [3.63, 3.8) is 0 Å². The van der Waals surface area contributed by atoms with Crippen molar-refractivity contribution in [2.24, 2.45) is 0 Å². The van der Waals surface area contributed by atoms with Crippen LogP contribution in [0.3, 0.4) is 0 Å². The SMILES string of the molecule is CNCc1ccccc1NS(=O)(=O)c1cc(C)sc1C. The van der Waals surface area contributed by atoms with Gasteiger partial charge >= 0.3 is 0 Å². The number of nitrogens with one attached hydrogen (secondary N) is 2. The first-order valence-electron chi connectivity index (χ1n) is 6.26. The van der Waals surface area contributed by atoms with E-state index < -0.39 is 10.0 Å². The van der Waals surface area contributed by atoms with Crippen molar-refractivity contribution in [2.75, 3.05) is 11.8 Å². The normalized spacial score (nSPS) is 11.6. The van der Waals surface area contributed by atoms with Gasteiger partial charge in [-0.15, -0.1) is 11.3 Å². The molecule has 0 radical (unpaired) electrons. The minimum absolute atomic E-state index is 0.360. The zero-order valence-electron chi connectivity index (χ0n) is 11.7. The molecule has 108 valence electrons. The van der Waals surface area contributed by atoms with Gasteiger partial charge in [-0.05, 0) is 38.6 Å². The molecule has 0 fully saturated rings. The second kappa shape index (κ2) is 5.95. The number of benzene rings is 1. The van der Waals surface area contributed by atoms with Crippen LogP contribution in [0.25, 0.3) is 0 Å². The monoisotopic (exact) mass is 310 g/mol. The zero-order valence-corrected chi connectivity index (χ0v) is 13.4. The average Bonchev–Trinajstić information content (AvgIpc) is 2.72. The number of hydrogen-bond acceptors (Lipinski definition) is 4. The van der Waals surface area contributed by atoms with Gasteiger partial charge in [-0.1, -0.05) is 18.2 Å². The first-order valence-corrected chi connectivity index (χ1v) is 8.56. The lowest BCUT2D eigenvalue weighted by Crippen LogP contribution is -2.16. The summed E-state index contributed by atoms with van der Waals surface area (Å²) in [5.74, 6) is 0. The molecule has 0 atom stereocenters. The summed E-state index contributed by atoms with van der Waals surface area (Å²) >= 11 is 1.49. The van der Waals surface area contributed by atoms with Gasteiger partial charge in [0, 0.05) is 16.3 Å². The summed E-state index contributed by atoms with van der Waals surface area (Å²) in [5, 5.41) is 3.03. The summed E-state index contributed by atoms with van der Waals surface area (Å²) in [5.41, 5.74) is 1.54. The number of aryl methyl sites for hydroxylation is 2. The molecule has 2 aromatic rings. The van der Waals surface area contributed by atoms with Crippen molar-refractivity contribution in [1.82, 2.24) is 5.32 Å². The highest BCUT2D eigenvalue weighted by Crippen LogP contribution is 2.27. The Kier molecular flexibility index (Phi) is 4.47. The number of anilines is 1. The Hall–Kier alpha value is -1.37. The molecular formula is C14H18N2O2S2. The lowest BCUT2D eigenvalue weighted by molar-refractivity contribution is 0.601. The number of para-hydroxylation sites is 1. The van der Waals surface area contributed by atoms with Crippen LogP contribution < -0.4 is 10.0 Å². The van der Waals surface area contributed by atoms with Gasteiger partial charge in [0.05, 0.1) is 5.69 Å². The molecule has 20 heavy (non-hydrogen) atoms. The van der Waals surface area contributed by atoms with E-state index in [1.165, 1.54) is 11.3 Å². The smallest absolute Gasteiger partial charge is 0.263 e. The summed E-state index contributed by atoms with van der Waals surface area (Å²) < 4.78 is 27.6. The van der Waals surface area contributed by atoms with E-state index in [0.717, 1.165) is 15.3 Å². The summed E-state index contributed by atoms with van der Waals surface area (Å²) in [6.07, 6.45) is 0. The quantitative estimate of drug-likeness (QED) is 0.893. The van der Waals surface area contributed by atoms with Crippen LogP contribution >= 0.6 is 11.3 Å². The highest BCUT2D eigenvalue weighted by Gasteiger charge is 2.20. The highest BCUT2D eigenvalue weighted by molar-refractivity contribution is 7.93. The van der Waals surface area contributed by atoms with E-state index in [9.17, 15) is 8.42 Å². The Bertz CT molecular complexity index is 706. The number of sulfonamides is 1. The number of rotatable bonds is 5. The molecule has 0 saturated heterocycles. The third-order valence-electron chi connectivity index (χ3n) is 2.91. The molecule has 2 N–H and O–H groups in total. The lowest BCUT2D eigenvalue weighted by Gasteiger charge is -2.12. The third kappa shape index (κ3) is 3.20. The molecule has 0 aliphatic rings. The number of thiophene rings is 1. The summed E-state index contributed by atoms with van der Waals surface area (Å²) in [6.45, 7) is 4.34. The Morgan fingerprint density at radius 2 is 1.90 bits per heavy atom. The van der Waals surface area contributed by atoms with Crippen LogP contribution in [-0.2, 0) is 16.6 Å². The minimum atomic E-state index is -3.53. The maximum Gasteiger partial charge on any atom is 0.263 e. The van der Waals surface area contributed by atoms with Gasteiger partial charge < -0.3 is 5.32 Å². The molecule has 0 aliphatic heterocycles.